The Kier molecular flexibility index (Phi) is 5.41. The largest absolute Gasteiger partial charge is 0.489 e. The maximum absolute atomic E-state index is 12.8. The van der Waals surface area contributed by atoms with E-state index < -0.39 is 16.1 Å². The van der Waals surface area contributed by atoms with Gasteiger partial charge in [0.1, 0.15) is 36.2 Å². The predicted molar refractivity (Wildman–Crippen MR) is 133 cm³/mol. The lowest BCUT2D eigenvalue weighted by molar-refractivity contribution is 0.219. The summed E-state index contributed by atoms with van der Waals surface area (Å²) >= 11 is 0. The number of rotatable bonds is 5. The molecule has 2 atom stereocenters. The molecule has 6 nitrogen and oxygen atoms in total. The molecule has 0 spiro atoms. The Morgan fingerprint density at radius 3 is 1.41 bits per heavy atom. The van der Waals surface area contributed by atoms with Crippen LogP contribution in [0.15, 0.2) is 84.9 Å². The first kappa shape index (κ1) is 21.1. The van der Waals surface area contributed by atoms with Crippen molar-refractivity contribution in [2.24, 2.45) is 0 Å². The second-order valence-electron chi connectivity index (χ2n) is 7.83. The van der Waals surface area contributed by atoms with Gasteiger partial charge in [-0.2, -0.15) is 0 Å². The van der Waals surface area contributed by atoms with Gasteiger partial charge in [0.05, 0.1) is 10.6 Å². The summed E-state index contributed by atoms with van der Waals surface area (Å²) in [4.78, 5) is 0. The van der Waals surface area contributed by atoms with Crippen molar-refractivity contribution in [1.29, 1.82) is 0 Å². The number of hydrogen-bond donors (Lipinski definition) is 0. The third kappa shape index (κ3) is 3.60. The number of ether oxygens (including phenoxy) is 2. The summed E-state index contributed by atoms with van der Waals surface area (Å²) in [7, 11) is -4.99. The van der Waals surface area contributed by atoms with E-state index in [0.717, 1.165) is 22.3 Å². The lowest BCUT2D eigenvalue weighted by atomic mass is 10.0. The van der Waals surface area contributed by atoms with Crippen molar-refractivity contribution in [2.45, 2.75) is 0 Å². The molecular weight excluding hydrogens is 470 g/mol. The van der Waals surface area contributed by atoms with Crippen molar-refractivity contribution < 1.29 is 27.7 Å². The van der Waals surface area contributed by atoms with E-state index in [0.29, 0.717) is 33.6 Å². The fraction of sp³-hybridized carbons (Fsp3) is 0.0769. The van der Waals surface area contributed by atoms with Crippen LogP contribution in [0.4, 0.5) is 0 Å². The Morgan fingerprint density at radius 2 is 0.941 bits per heavy atom. The molecule has 4 aromatic carbocycles. The molecule has 8 heteroatoms. The molecular formula is C26H20O6P2. The van der Waals surface area contributed by atoms with E-state index >= 15 is 0 Å². The molecule has 0 saturated carbocycles. The molecule has 2 heterocycles. The van der Waals surface area contributed by atoms with Crippen molar-refractivity contribution in [3.63, 3.8) is 0 Å². The smallest absolute Gasteiger partial charge is 0.270 e. The highest BCUT2D eigenvalue weighted by atomic mass is 31.1. The zero-order valence-corrected chi connectivity index (χ0v) is 19.9. The zero-order valence-electron chi connectivity index (χ0n) is 17.9. The molecule has 0 bridgehead atoms. The summed E-state index contributed by atoms with van der Waals surface area (Å²) in [5, 5.41) is 1.16. The standard InChI is InChI=1S/C26H20O6P2/c27-33-25-19(17-7-1-3-11-21(17)31-33)9-5-13-23(25)29-15-16-30-24-14-6-10-20-18-8-2-4-12-22(18)32-34(28)26(20)24/h1-14,33-34H,15-16H2. The first-order valence-electron chi connectivity index (χ1n) is 10.9. The molecule has 0 N–H and O–H groups in total. The van der Waals surface area contributed by atoms with Gasteiger partial charge in [0.25, 0.3) is 16.1 Å². The third-order valence-corrected chi connectivity index (χ3v) is 8.48. The minimum absolute atomic E-state index is 0.218. The van der Waals surface area contributed by atoms with Gasteiger partial charge in [0.15, 0.2) is 0 Å². The molecule has 2 aliphatic rings. The second-order valence-corrected chi connectivity index (χ2v) is 10.4. The van der Waals surface area contributed by atoms with E-state index in [1.807, 2.05) is 72.8 Å². The molecule has 0 saturated heterocycles. The Bertz CT molecular complexity index is 1350. The minimum atomic E-state index is -2.50. The summed E-state index contributed by atoms with van der Waals surface area (Å²) in [5.74, 6) is 2.26. The van der Waals surface area contributed by atoms with Crippen molar-refractivity contribution in [3.8, 4) is 45.3 Å². The first-order valence-corrected chi connectivity index (χ1v) is 13.5. The van der Waals surface area contributed by atoms with E-state index in [2.05, 4.69) is 0 Å². The van der Waals surface area contributed by atoms with Gasteiger partial charge in [-0.25, -0.2) is 0 Å². The molecule has 4 aromatic rings. The number of fused-ring (bicyclic) bond motifs is 6. The number of hydrogen-bond acceptors (Lipinski definition) is 6. The van der Waals surface area contributed by atoms with Crippen LogP contribution in [0.5, 0.6) is 23.0 Å². The second kappa shape index (κ2) is 8.72. The van der Waals surface area contributed by atoms with Crippen LogP contribution >= 0.6 is 16.1 Å². The summed E-state index contributed by atoms with van der Waals surface area (Å²) in [6.45, 7) is 0.435. The Balaban J connectivity index is 1.21. The van der Waals surface area contributed by atoms with Gasteiger partial charge in [0.2, 0.25) is 0 Å². The molecule has 0 radical (unpaired) electrons. The first-order chi connectivity index (χ1) is 16.7. The number of para-hydroxylation sites is 2. The van der Waals surface area contributed by atoms with Crippen LogP contribution in [0.1, 0.15) is 0 Å². The van der Waals surface area contributed by atoms with Gasteiger partial charge in [-0.05, 0) is 24.3 Å². The lowest BCUT2D eigenvalue weighted by Gasteiger charge is -2.23. The highest BCUT2D eigenvalue weighted by molar-refractivity contribution is 7.50. The highest BCUT2D eigenvalue weighted by Crippen LogP contribution is 2.46. The molecule has 34 heavy (non-hydrogen) atoms. The van der Waals surface area contributed by atoms with E-state index in [9.17, 15) is 9.13 Å². The average Bonchev–Trinajstić information content (AvgIpc) is 2.86. The highest BCUT2D eigenvalue weighted by Gasteiger charge is 2.27. The van der Waals surface area contributed by atoms with Crippen molar-refractivity contribution in [1.82, 2.24) is 0 Å². The molecule has 0 aliphatic carbocycles. The van der Waals surface area contributed by atoms with Gasteiger partial charge >= 0.3 is 0 Å². The molecule has 2 aliphatic heterocycles. The number of benzene rings is 4. The van der Waals surface area contributed by atoms with Gasteiger partial charge in [-0.15, -0.1) is 0 Å². The lowest BCUT2D eigenvalue weighted by Crippen LogP contribution is -2.19. The summed E-state index contributed by atoms with van der Waals surface area (Å²) in [6, 6.07) is 26.2. The zero-order chi connectivity index (χ0) is 23.1. The quantitative estimate of drug-likeness (QED) is 0.273. The van der Waals surface area contributed by atoms with Crippen LogP contribution in [0.2, 0.25) is 0 Å². The summed E-state index contributed by atoms with van der Waals surface area (Å²) in [5.41, 5.74) is 3.50. The minimum Gasteiger partial charge on any atom is -0.489 e. The Morgan fingerprint density at radius 1 is 0.529 bits per heavy atom. The normalized spacial score (nSPS) is 17.2. The Labute approximate surface area is 197 Å². The predicted octanol–water partition coefficient (Wildman–Crippen LogP) is 5.46. The van der Waals surface area contributed by atoms with Gasteiger partial charge in [-0.3, -0.25) is 9.13 Å². The van der Waals surface area contributed by atoms with Crippen LogP contribution in [0, 0.1) is 0 Å². The van der Waals surface area contributed by atoms with E-state index in [1.165, 1.54) is 0 Å². The van der Waals surface area contributed by atoms with E-state index in [4.69, 9.17) is 18.5 Å². The van der Waals surface area contributed by atoms with Crippen molar-refractivity contribution in [3.05, 3.63) is 84.9 Å². The molecule has 0 fully saturated rings. The molecule has 6 rings (SSSR count). The average molecular weight is 490 g/mol. The fourth-order valence-electron chi connectivity index (χ4n) is 4.33. The SMILES string of the molecule is O=[PH]1Oc2ccccc2-c2cccc(OCCOc3cccc4c3[PH](=O)Oc3ccccc3-4)c21. The van der Waals surface area contributed by atoms with Gasteiger partial charge in [0, 0.05) is 22.3 Å². The monoisotopic (exact) mass is 490 g/mol. The van der Waals surface area contributed by atoms with E-state index in [1.54, 1.807) is 12.1 Å². The van der Waals surface area contributed by atoms with Crippen LogP contribution in [0.3, 0.4) is 0 Å². The van der Waals surface area contributed by atoms with Gasteiger partial charge in [-0.1, -0.05) is 60.7 Å². The fourth-order valence-corrected chi connectivity index (χ4v) is 6.88. The molecule has 0 amide bonds. The molecule has 2 unspecified atom stereocenters. The van der Waals surface area contributed by atoms with Crippen LogP contribution < -0.4 is 29.1 Å². The topological polar surface area (TPSA) is 71.1 Å². The Hall–Kier alpha value is -3.46. The van der Waals surface area contributed by atoms with Crippen LogP contribution in [0.25, 0.3) is 22.3 Å². The van der Waals surface area contributed by atoms with Crippen LogP contribution in [-0.2, 0) is 9.13 Å². The summed E-state index contributed by atoms with van der Waals surface area (Å²) < 4.78 is 48.9. The third-order valence-electron chi connectivity index (χ3n) is 5.82. The summed E-state index contributed by atoms with van der Waals surface area (Å²) in [6.07, 6.45) is 0. The maximum Gasteiger partial charge on any atom is 0.270 e. The van der Waals surface area contributed by atoms with Crippen molar-refractivity contribution in [2.75, 3.05) is 13.2 Å². The maximum atomic E-state index is 12.8. The van der Waals surface area contributed by atoms with Crippen LogP contribution in [-0.4, -0.2) is 13.2 Å². The van der Waals surface area contributed by atoms with Gasteiger partial charge < -0.3 is 18.5 Å². The molecule has 170 valence electrons. The molecule has 0 aromatic heterocycles. The van der Waals surface area contributed by atoms with E-state index in [-0.39, 0.29) is 13.2 Å². The van der Waals surface area contributed by atoms with Crippen molar-refractivity contribution >= 4 is 26.7 Å².